The lowest BCUT2D eigenvalue weighted by atomic mass is 9.80. The van der Waals surface area contributed by atoms with Crippen LogP contribution in [0.4, 0.5) is 0 Å². The van der Waals surface area contributed by atoms with Gasteiger partial charge in [-0.25, -0.2) is 0 Å². The smallest absolute Gasteiger partial charge is 0.123 e. The van der Waals surface area contributed by atoms with Crippen molar-refractivity contribution in [2.45, 2.75) is 59.3 Å². The Hall–Kier alpha value is -2.54. The van der Waals surface area contributed by atoms with E-state index in [0.717, 1.165) is 36.8 Å². The number of phenolic OH excluding ortho intramolecular Hbond substituents is 1. The van der Waals surface area contributed by atoms with Crippen molar-refractivity contribution in [1.82, 2.24) is 0 Å². The summed E-state index contributed by atoms with van der Waals surface area (Å²) in [5.74, 6) is 0.945. The molecule has 0 atom stereocenters. The molecular weight excluding hydrogens is 340 g/mol. The highest BCUT2D eigenvalue weighted by Gasteiger charge is 2.23. The fourth-order valence-corrected chi connectivity index (χ4v) is 4.46. The lowest BCUT2D eigenvalue weighted by Gasteiger charge is -2.26. The van der Waals surface area contributed by atoms with E-state index in [4.69, 9.17) is 0 Å². The van der Waals surface area contributed by atoms with Crippen LogP contribution in [0.2, 0.25) is 0 Å². The molecule has 28 heavy (non-hydrogen) atoms. The highest BCUT2D eigenvalue weighted by atomic mass is 16.3. The van der Waals surface area contributed by atoms with Crippen LogP contribution < -0.4 is 0 Å². The van der Waals surface area contributed by atoms with Crippen LogP contribution in [0.25, 0.3) is 0 Å². The lowest BCUT2D eigenvalue weighted by Crippen LogP contribution is -2.11. The van der Waals surface area contributed by atoms with Gasteiger partial charge in [0, 0.05) is 24.0 Å². The first-order chi connectivity index (χ1) is 13.6. The highest BCUT2D eigenvalue weighted by Crippen LogP contribution is 2.40. The van der Waals surface area contributed by atoms with Gasteiger partial charge in [-0.2, -0.15) is 0 Å². The lowest BCUT2D eigenvalue weighted by molar-refractivity contribution is 0.460. The van der Waals surface area contributed by atoms with Crippen molar-refractivity contribution in [3.63, 3.8) is 0 Å². The molecule has 0 bridgehead atoms. The molecule has 3 aromatic rings. The number of rotatable bonds is 7. The molecule has 0 amide bonds. The van der Waals surface area contributed by atoms with Crippen LogP contribution in [0.5, 0.6) is 5.75 Å². The Balaban J connectivity index is 2.22. The molecule has 0 spiro atoms. The zero-order chi connectivity index (χ0) is 20.1. The van der Waals surface area contributed by atoms with Crippen molar-refractivity contribution in [3.8, 4) is 5.75 Å². The third-order valence-corrected chi connectivity index (χ3v) is 5.68. The molecule has 3 aromatic carbocycles. The van der Waals surface area contributed by atoms with Gasteiger partial charge in [0.1, 0.15) is 5.75 Å². The number of hydrogen-bond acceptors (Lipinski definition) is 1. The molecule has 0 aliphatic carbocycles. The first-order valence-corrected chi connectivity index (χ1v) is 10.5. The topological polar surface area (TPSA) is 20.2 Å². The van der Waals surface area contributed by atoms with Crippen molar-refractivity contribution >= 4 is 0 Å². The molecule has 1 N–H and O–H groups in total. The molecule has 0 unspecified atom stereocenters. The average molecular weight is 373 g/mol. The maximum absolute atomic E-state index is 11.4. The fraction of sp³-hybridized carbons (Fsp3) is 0.333. The van der Waals surface area contributed by atoms with Crippen molar-refractivity contribution in [3.05, 3.63) is 99.6 Å². The Labute approximate surface area is 170 Å². The van der Waals surface area contributed by atoms with Gasteiger partial charge < -0.3 is 5.11 Å². The molecular formula is C27H32O. The van der Waals surface area contributed by atoms with E-state index in [-0.39, 0.29) is 0 Å². The normalized spacial score (nSPS) is 11.2. The van der Waals surface area contributed by atoms with Crippen molar-refractivity contribution in [2.75, 3.05) is 0 Å². The predicted octanol–water partition coefficient (Wildman–Crippen LogP) is 6.82. The standard InChI is InChI=1S/C27H32O/c1-5-22-24(17-20-13-9-7-10-14-20)27(28)25(18-21-15-11-8-12-16-21)23(6-2)26(22)19(3)4/h7-16,19,28H,5-6,17-18H2,1-4H3. The summed E-state index contributed by atoms with van der Waals surface area (Å²) >= 11 is 0. The molecule has 146 valence electrons. The van der Waals surface area contributed by atoms with E-state index in [1.165, 1.54) is 27.8 Å². The second-order valence-electron chi connectivity index (χ2n) is 7.86. The van der Waals surface area contributed by atoms with Crippen LogP contribution in [-0.4, -0.2) is 5.11 Å². The summed E-state index contributed by atoms with van der Waals surface area (Å²) < 4.78 is 0. The van der Waals surface area contributed by atoms with E-state index >= 15 is 0 Å². The SMILES string of the molecule is CCc1c(Cc2ccccc2)c(O)c(Cc2ccccc2)c(CC)c1C(C)C. The Morgan fingerprint density at radius 1 is 0.643 bits per heavy atom. The van der Waals surface area contributed by atoms with E-state index in [0.29, 0.717) is 11.7 Å². The second kappa shape index (κ2) is 9.10. The van der Waals surface area contributed by atoms with E-state index in [1.807, 2.05) is 12.1 Å². The molecule has 0 saturated carbocycles. The number of aromatic hydroxyl groups is 1. The Morgan fingerprint density at radius 3 is 1.36 bits per heavy atom. The van der Waals surface area contributed by atoms with E-state index in [1.54, 1.807) is 0 Å². The molecule has 0 radical (unpaired) electrons. The van der Waals surface area contributed by atoms with Crippen molar-refractivity contribution in [2.24, 2.45) is 0 Å². The maximum Gasteiger partial charge on any atom is 0.123 e. The quantitative estimate of drug-likeness (QED) is 0.482. The Morgan fingerprint density at radius 2 is 1.04 bits per heavy atom. The molecule has 0 aliphatic rings. The van der Waals surface area contributed by atoms with Gasteiger partial charge in [-0.3, -0.25) is 0 Å². The summed E-state index contributed by atoms with van der Waals surface area (Å²) in [6.07, 6.45) is 3.45. The van der Waals surface area contributed by atoms with Gasteiger partial charge in [-0.15, -0.1) is 0 Å². The van der Waals surface area contributed by atoms with Crippen LogP contribution in [0.15, 0.2) is 60.7 Å². The van der Waals surface area contributed by atoms with Gasteiger partial charge >= 0.3 is 0 Å². The third kappa shape index (κ3) is 4.14. The maximum atomic E-state index is 11.4. The van der Waals surface area contributed by atoms with E-state index < -0.39 is 0 Å². The summed E-state index contributed by atoms with van der Waals surface area (Å²) in [5, 5.41) is 11.4. The largest absolute Gasteiger partial charge is 0.507 e. The highest BCUT2D eigenvalue weighted by molar-refractivity contribution is 5.58. The minimum Gasteiger partial charge on any atom is -0.507 e. The average Bonchev–Trinajstić information content (AvgIpc) is 2.72. The predicted molar refractivity (Wildman–Crippen MR) is 119 cm³/mol. The molecule has 0 aliphatic heterocycles. The molecule has 3 rings (SSSR count). The summed E-state index contributed by atoms with van der Waals surface area (Å²) in [6.45, 7) is 8.99. The number of phenols is 1. The summed E-state index contributed by atoms with van der Waals surface area (Å²) in [5.41, 5.74) is 8.84. The molecule has 1 nitrogen and oxygen atoms in total. The van der Waals surface area contributed by atoms with Crippen molar-refractivity contribution in [1.29, 1.82) is 0 Å². The Kier molecular flexibility index (Phi) is 6.57. The fourth-order valence-electron chi connectivity index (χ4n) is 4.46. The first-order valence-electron chi connectivity index (χ1n) is 10.5. The van der Waals surface area contributed by atoms with Gasteiger partial charge in [0.2, 0.25) is 0 Å². The monoisotopic (exact) mass is 372 g/mol. The summed E-state index contributed by atoms with van der Waals surface area (Å²) in [7, 11) is 0. The van der Waals surface area contributed by atoms with E-state index in [2.05, 4.69) is 76.2 Å². The van der Waals surface area contributed by atoms with Gasteiger partial charge in [0.05, 0.1) is 0 Å². The first kappa shape index (κ1) is 20.2. The van der Waals surface area contributed by atoms with Gasteiger partial charge in [0.25, 0.3) is 0 Å². The minimum absolute atomic E-state index is 0.439. The zero-order valence-electron chi connectivity index (χ0n) is 17.6. The Bertz CT molecular complexity index is 837. The van der Waals surface area contributed by atoms with E-state index in [9.17, 15) is 5.11 Å². The number of benzene rings is 3. The number of hydrogen-bond donors (Lipinski definition) is 1. The van der Waals surface area contributed by atoms with Crippen LogP contribution in [0.1, 0.15) is 72.6 Å². The van der Waals surface area contributed by atoms with Crippen LogP contribution in [0, 0.1) is 0 Å². The summed E-state index contributed by atoms with van der Waals surface area (Å²) in [4.78, 5) is 0. The zero-order valence-corrected chi connectivity index (χ0v) is 17.6. The third-order valence-electron chi connectivity index (χ3n) is 5.68. The molecule has 0 aromatic heterocycles. The van der Waals surface area contributed by atoms with Crippen LogP contribution >= 0.6 is 0 Å². The molecule has 0 fully saturated rings. The molecule has 1 heteroatoms. The minimum atomic E-state index is 0.439. The molecule has 0 saturated heterocycles. The van der Waals surface area contributed by atoms with Crippen LogP contribution in [0.3, 0.4) is 0 Å². The molecule has 0 heterocycles. The van der Waals surface area contributed by atoms with Gasteiger partial charge in [-0.1, -0.05) is 88.4 Å². The van der Waals surface area contributed by atoms with Crippen molar-refractivity contribution < 1.29 is 5.11 Å². The summed E-state index contributed by atoms with van der Waals surface area (Å²) in [6, 6.07) is 21.0. The van der Waals surface area contributed by atoms with Gasteiger partial charge in [0.15, 0.2) is 0 Å². The van der Waals surface area contributed by atoms with Crippen LogP contribution in [-0.2, 0) is 25.7 Å². The van der Waals surface area contributed by atoms with Gasteiger partial charge in [-0.05, 0) is 46.6 Å². The second-order valence-corrected chi connectivity index (χ2v) is 7.86.